The molecule has 1 aromatic rings. The van der Waals surface area contributed by atoms with Gasteiger partial charge in [-0.25, -0.2) is 4.79 Å². The van der Waals surface area contributed by atoms with Gasteiger partial charge in [0.2, 0.25) is 0 Å². The smallest absolute Gasteiger partial charge is 0.410 e. The lowest BCUT2D eigenvalue weighted by Gasteiger charge is -2.44. The lowest BCUT2D eigenvalue weighted by molar-refractivity contribution is 0.0361. The van der Waals surface area contributed by atoms with Crippen molar-refractivity contribution in [3.05, 3.63) is 23.8 Å². The molecule has 2 amide bonds. The molecule has 0 spiro atoms. The van der Waals surface area contributed by atoms with Gasteiger partial charge in [0.05, 0.1) is 5.54 Å². The second kappa shape index (κ2) is 5.58. The van der Waals surface area contributed by atoms with E-state index in [4.69, 9.17) is 14.2 Å². The van der Waals surface area contributed by atoms with Crippen molar-refractivity contribution in [2.45, 2.75) is 18.9 Å². The highest BCUT2D eigenvalue weighted by Gasteiger charge is 2.50. The van der Waals surface area contributed by atoms with Crippen LogP contribution < -0.4 is 9.47 Å². The Morgan fingerprint density at radius 2 is 1.96 bits per heavy atom. The van der Waals surface area contributed by atoms with E-state index in [-0.39, 0.29) is 12.0 Å². The molecule has 128 valence electrons. The van der Waals surface area contributed by atoms with E-state index < -0.39 is 5.54 Å². The van der Waals surface area contributed by atoms with E-state index in [9.17, 15) is 9.59 Å². The van der Waals surface area contributed by atoms with E-state index in [0.29, 0.717) is 56.5 Å². The molecule has 7 heteroatoms. The van der Waals surface area contributed by atoms with Gasteiger partial charge in [0.15, 0.2) is 11.5 Å². The maximum absolute atomic E-state index is 12.9. The van der Waals surface area contributed by atoms with Gasteiger partial charge in [-0.05, 0) is 24.6 Å². The van der Waals surface area contributed by atoms with Crippen molar-refractivity contribution in [3.8, 4) is 11.5 Å². The van der Waals surface area contributed by atoms with Crippen LogP contribution in [-0.4, -0.2) is 66.8 Å². The average molecular weight is 332 g/mol. The molecule has 0 aliphatic carbocycles. The van der Waals surface area contributed by atoms with Gasteiger partial charge in [0, 0.05) is 25.2 Å². The Balaban J connectivity index is 1.56. The third-order valence-electron chi connectivity index (χ3n) is 5.07. The molecule has 1 atom stereocenters. The van der Waals surface area contributed by atoms with Crippen LogP contribution in [0.5, 0.6) is 11.5 Å². The second-order valence-corrected chi connectivity index (χ2v) is 6.37. The second-order valence-electron chi connectivity index (χ2n) is 6.37. The van der Waals surface area contributed by atoms with Gasteiger partial charge in [-0.1, -0.05) is 6.92 Å². The van der Waals surface area contributed by atoms with E-state index in [2.05, 4.69) is 0 Å². The number of nitrogens with zero attached hydrogens (tertiary/aromatic N) is 2. The lowest BCUT2D eigenvalue weighted by atomic mass is 9.92. The van der Waals surface area contributed by atoms with Crippen molar-refractivity contribution in [2.75, 3.05) is 39.5 Å². The highest BCUT2D eigenvalue weighted by molar-refractivity contribution is 5.95. The van der Waals surface area contributed by atoms with Crippen LogP contribution in [0.4, 0.5) is 4.79 Å². The Kier molecular flexibility index (Phi) is 3.51. The number of benzene rings is 1. The summed E-state index contributed by atoms with van der Waals surface area (Å²) in [4.78, 5) is 28.3. The number of ether oxygens (including phenoxy) is 3. The fourth-order valence-corrected chi connectivity index (χ4v) is 3.60. The molecule has 4 rings (SSSR count). The van der Waals surface area contributed by atoms with E-state index in [1.165, 1.54) is 0 Å². The normalized spacial score (nSPS) is 25.3. The van der Waals surface area contributed by atoms with Crippen LogP contribution in [0.3, 0.4) is 0 Å². The zero-order valence-electron chi connectivity index (χ0n) is 13.6. The van der Waals surface area contributed by atoms with E-state index in [1.807, 2.05) is 6.92 Å². The van der Waals surface area contributed by atoms with Crippen LogP contribution in [0, 0.1) is 0 Å². The van der Waals surface area contributed by atoms with E-state index in [0.717, 1.165) is 6.42 Å². The third-order valence-corrected chi connectivity index (χ3v) is 5.07. The van der Waals surface area contributed by atoms with Crippen LogP contribution in [0.25, 0.3) is 0 Å². The minimum Gasteiger partial charge on any atom is -0.486 e. The molecule has 2 fully saturated rings. The topological polar surface area (TPSA) is 68.3 Å². The van der Waals surface area contributed by atoms with Crippen LogP contribution in [0.2, 0.25) is 0 Å². The average Bonchev–Trinajstić information content (AvgIpc) is 2.97. The highest BCUT2D eigenvalue weighted by atomic mass is 16.6. The van der Waals surface area contributed by atoms with Crippen LogP contribution in [0.15, 0.2) is 18.2 Å². The molecular formula is C17H20N2O5. The van der Waals surface area contributed by atoms with Gasteiger partial charge < -0.3 is 19.1 Å². The Morgan fingerprint density at radius 1 is 1.17 bits per heavy atom. The van der Waals surface area contributed by atoms with Crippen LogP contribution in [-0.2, 0) is 4.74 Å². The fourth-order valence-electron chi connectivity index (χ4n) is 3.60. The maximum Gasteiger partial charge on any atom is 0.410 e. The van der Waals surface area contributed by atoms with Gasteiger partial charge in [-0.3, -0.25) is 9.69 Å². The zero-order chi connectivity index (χ0) is 16.7. The van der Waals surface area contributed by atoms with Gasteiger partial charge >= 0.3 is 6.09 Å². The molecule has 0 N–H and O–H groups in total. The molecule has 7 nitrogen and oxygen atoms in total. The summed E-state index contributed by atoms with van der Waals surface area (Å²) in [6.45, 7) is 4.87. The predicted molar refractivity (Wildman–Crippen MR) is 84.4 cm³/mol. The van der Waals surface area contributed by atoms with Gasteiger partial charge in [-0.2, -0.15) is 0 Å². The Morgan fingerprint density at radius 3 is 2.75 bits per heavy atom. The number of piperazine rings is 1. The molecule has 3 aliphatic rings. The van der Waals surface area contributed by atoms with Crippen molar-refractivity contribution in [1.29, 1.82) is 0 Å². The van der Waals surface area contributed by atoms with Crippen molar-refractivity contribution < 1.29 is 23.8 Å². The molecule has 2 saturated heterocycles. The summed E-state index contributed by atoms with van der Waals surface area (Å²) in [5.74, 6) is 1.22. The first-order valence-electron chi connectivity index (χ1n) is 8.26. The molecule has 3 heterocycles. The molecule has 0 bridgehead atoms. The molecule has 1 unspecified atom stereocenters. The first-order valence-corrected chi connectivity index (χ1v) is 8.26. The van der Waals surface area contributed by atoms with Crippen LogP contribution in [0.1, 0.15) is 23.7 Å². The van der Waals surface area contributed by atoms with E-state index in [1.54, 1.807) is 28.0 Å². The molecule has 24 heavy (non-hydrogen) atoms. The minimum atomic E-state index is -0.404. The number of carbonyl (C=O) groups is 2. The molecule has 0 aromatic heterocycles. The van der Waals surface area contributed by atoms with Crippen molar-refractivity contribution in [3.63, 3.8) is 0 Å². The molecule has 3 aliphatic heterocycles. The lowest BCUT2D eigenvalue weighted by Crippen LogP contribution is -2.62. The van der Waals surface area contributed by atoms with Crippen molar-refractivity contribution in [1.82, 2.24) is 9.80 Å². The summed E-state index contributed by atoms with van der Waals surface area (Å²) < 4.78 is 16.3. The number of carbonyl (C=O) groups excluding carboxylic acids is 2. The first kappa shape index (κ1) is 15.1. The largest absolute Gasteiger partial charge is 0.486 e. The summed E-state index contributed by atoms with van der Waals surface area (Å²) in [6.07, 6.45) is 0.479. The fraction of sp³-hybridized carbons (Fsp3) is 0.529. The maximum atomic E-state index is 12.9. The summed E-state index contributed by atoms with van der Waals surface area (Å²) >= 11 is 0. The third kappa shape index (κ3) is 2.26. The number of hydrogen-bond donors (Lipinski definition) is 0. The SMILES string of the molecule is CCC12COC(=O)N1CCN(C(=O)c1ccc3c(c1)OCCO3)C2. The number of fused-ring (bicyclic) bond motifs is 2. The predicted octanol–water partition coefficient (Wildman–Crippen LogP) is 1.51. The van der Waals surface area contributed by atoms with E-state index >= 15 is 0 Å². The molecule has 1 aromatic carbocycles. The number of hydrogen-bond acceptors (Lipinski definition) is 5. The number of cyclic esters (lactones) is 1. The van der Waals surface area contributed by atoms with Crippen molar-refractivity contribution >= 4 is 12.0 Å². The van der Waals surface area contributed by atoms with Gasteiger partial charge in [-0.15, -0.1) is 0 Å². The Labute approximate surface area is 140 Å². The summed E-state index contributed by atoms with van der Waals surface area (Å²) in [6, 6.07) is 5.27. The van der Waals surface area contributed by atoms with Gasteiger partial charge in [0.25, 0.3) is 5.91 Å². The first-order chi connectivity index (χ1) is 11.6. The monoisotopic (exact) mass is 332 g/mol. The molecular weight excluding hydrogens is 312 g/mol. The number of rotatable bonds is 2. The Bertz CT molecular complexity index is 692. The summed E-state index contributed by atoms with van der Waals surface area (Å²) in [5.41, 5.74) is 0.169. The highest BCUT2D eigenvalue weighted by Crippen LogP contribution is 2.34. The summed E-state index contributed by atoms with van der Waals surface area (Å²) in [5, 5.41) is 0. The summed E-state index contributed by atoms with van der Waals surface area (Å²) in [7, 11) is 0. The standard InChI is InChI=1S/C17H20N2O5/c1-2-17-10-18(5-6-19(17)16(21)24-11-17)15(20)12-3-4-13-14(9-12)23-8-7-22-13/h3-4,9H,2,5-8,10-11H2,1H3. The zero-order valence-corrected chi connectivity index (χ0v) is 13.6. The van der Waals surface area contributed by atoms with Crippen LogP contribution >= 0.6 is 0 Å². The van der Waals surface area contributed by atoms with Gasteiger partial charge in [0.1, 0.15) is 19.8 Å². The quantitative estimate of drug-likeness (QED) is 0.821. The van der Waals surface area contributed by atoms with Crippen molar-refractivity contribution in [2.24, 2.45) is 0 Å². The minimum absolute atomic E-state index is 0.0567. The Hall–Kier alpha value is -2.44. The molecule has 0 saturated carbocycles. The molecule has 0 radical (unpaired) electrons. The number of amides is 2.